The highest BCUT2D eigenvalue weighted by Gasteiger charge is 2.44. The average molecular weight is 374 g/mol. The van der Waals surface area contributed by atoms with Gasteiger partial charge in [-0.3, -0.25) is 0 Å². The van der Waals surface area contributed by atoms with E-state index in [2.05, 4.69) is 40.8 Å². The van der Waals surface area contributed by atoms with Crippen molar-refractivity contribution in [3.05, 3.63) is 11.4 Å². The van der Waals surface area contributed by atoms with Gasteiger partial charge in [-0.25, -0.2) is 8.96 Å². The van der Waals surface area contributed by atoms with E-state index in [4.69, 9.17) is 4.98 Å². The fourth-order valence-electron chi connectivity index (χ4n) is 2.48. The van der Waals surface area contributed by atoms with Crippen LogP contribution in [0.2, 0.25) is 18.1 Å². The molecule has 0 saturated heterocycles. The third kappa shape index (κ3) is 3.94. The summed E-state index contributed by atoms with van der Waals surface area (Å²) in [6.07, 6.45) is 4.18. The zero-order valence-electron chi connectivity index (χ0n) is 16.9. The van der Waals surface area contributed by atoms with Crippen molar-refractivity contribution in [2.45, 2.75) is 78.4 Å². The van der Waals surface area contributed by atoms with Crippen molar-refractivity contribution in [1.29, 1.82) is 0 Å². The minimum Gasteiger partial charge on any atom is -0.242 e. The Morgan fingerprint density at radius 3 is 2.12 bits per heavy atom. The molecule has 0 spiro atoms. The smallest absolute Gasteiger partial charge is 0.242 e. The molecule has 140 valence electrons. The molecule has 0 radical (unpaired) electrons. The topological polar surface area (TPSA) is 55.2 Å². The molecule has 24 heavy (non-hydrogen) atoms. The van der Waals surface area contributed by atoms with Crippen molar-refractivity contribution in [1.82, 2.24) is 13.3 Å². The molecule has 1 heterocycles. The summed E-state index contributed by atoms with van der Waals surface area (Å²) in [4.78, 5) is 4.89. The first-order valence-electron chi connectivity index (χ1n) is 8.80. The predicted molar refractivity (Wildman–Crippen MR) is 105 cm³/mol. The predicted octanol–water partition coefficient (Wildman–Crippen LogP) is 3.29. The van der Waals surface area contributed by atoms with Gasteiger partial charge >= 0.3 is 10.2 Å². The monoisotopic (exact) mass is 373 g/mol. The summed E-state index contributed by atoms with van der Waals surface area (Å²) in [5.41, 5.74) is 2.49. The fraction of sp³-hybridized carbons (Fsp3) is 0.824. The van der Waals surface area contributed by atoms with Gasteiger partial charge < -0.3 is 0 Å². The molecular formula is C17H35N3O2SSi. The molecule has 0 aliphatic rings. The van der Waals surface area contributed by atoms with Crippen LogP contribution in [0.5, 0.6) is 0 Å². The van der Waals surface area contributed by atoms with Crippen LogP contribution in [-0.2, 0) is 16.6 Å². The van der Waals surface area contributed by atoms with Gasteiger partial charge in [0.15, 0.2) is 0 Å². The minimum absolute atomic E-state index is 0.0189. The molecule has 0 aromatic carbocycles. The highest BCUT2D eigenvalue weighted by Crippen LogP contribution is 2.36. The quantitative estimate of drug-likeness (QED) is 0.544. The van der Waals surface area contributed by atoms with Crippen molar-refractivity contribution in [3.63, 3.8) is 0 Å². The van der Waals surface area contributed by atoms with E-state index in [1.165, 1.54) is 8.28 Å². The summed E-state index contributed by atoms with van der Waals surface area (Å²) in [7, 11) is -2.49. The van der Waals surface area contributed by atoms with Crippen LogP contribution in [-0.4, -0.2) is 43.8 Å². The highest BCUT2D eigenvalue weighted by atomic mass is 32.2. The van der Waals surface area contributed by atoms with Crippen LogP contribution in [0.15, 0.2) is 0 Å². The first kappa shape index (κ1) is 21.4. The lowest BCUT2D eigenvalue weighted by Crippen LogP contribution is -2.56. The van der Waals surface area contributed by atoms with Gasteiger partial charge in [0.1, 0.15) is 13.5 Å². The van der Waals surface area contributed by atoms with Crippen LogP contribution in [0, 0.1) is 6.92 Å². The SMILES string of the molecule is CCCCCc1nc([Si](C)(C)C(C)(C)C)n(S(=O)(=O)N(C)C)c1C. The van der Waals surface area contributed by atoms with E-state index in [9.17, 15) is 8.42 Å². The number of hydrogen-bond donors (Lipinski definition) is 0. The van der Waals surface area contributed by atoms with Crippen LogP contribution >= 0.6 is 0 Å². The van der Waals surface area contributed by atoms with Gasteiger partial charge in [0.2, 0.25) is 0 Å². The molecule has 0 saturated carbocycles. The largest absolute Gasteiger partial charge is 0.308 e. The van der Waals surface area contributed by atoms with Crippen molar-refractivity contribution < 1.29 is 8.42 Å². The first-order chi connectivity index (χ1) is 10.8. The molecule has 5 nitrogen and oxygen atoms in total. The number of rotatable bonds is 7. The standard InChI is InChI=1S/C17H35N3O2SSi/c1-10-11-12-13-15-14(2)20(23(21,22)19(6)7)16(18-15)24(8,9)17(3,4)5/h10-13H2,1-9H3. The third-order valence-corrected chi connectivity index (χ3v) is 12.5. The number of aromatic nitrogens is 2. The molecule has 1 aromatic rings. The van der Waals surface area contributed by atoms with Gasteiger partial charge in [-0.1, -0.05) is 53.6 Å². The van der Waals surface area contributed by atoms with Crippen LogP contribution in [0.4, 0.5) is 0 Å². The molecule has 0 atom stereocenters. The summed E-state index contributed by atoms with van der Waals surface area (Å²) in [5.74, 6) is 0. The molecule has 1 rings (SSSR count). The summed E-state index contributed by atoms with van der Waals surface area (Å²) in [5, 5.41) is 0.0189. The number of nitrogens with zero attached hydrogens (tertiary/aromatic N) is 3. The average Bonchev–Trinajstić information content (AvgIpc) is 2.76. The number of hydrogen-bond acceptors (Lipinski definition) is 3. The molecule has 0 amide bonds. The van der Waals surface area contributed by atoms with E-state index >= 15 is 0 Å². The maximum atomic E-state index is 13.0. The summed E-state index contributed by atoms with van der Waals surface area (Å²) in [6, 6.07) is 0. The Balaban J connectivity index is 3.60. The maximum Gasteiger partial charge on any atom is 0.308 e. The summed E-state index contributed by atoms with van der Waals surface area (Å²) < 4.78 is 28.7. The number of aryl methyl sites for hydroxylation is 1. The van der Waals surface area contributed by atoms with E-state index in [0.29, 0.717) is 0 Å². The zero-order valence-corrected chi connectivity index (χ0v) is 18.7. The molecular weight excluding hydrogens is 338 g/mol. The highest BCUT2D eigenvalue weighted by molar-refractivity contribution is 7.87. The van der Waals surface area contributed by atoms with Crippen molar-refractivity contribution in [2.75, 3.05) is 14.1 Å². The van der Waals surface area contributed by atoms with Crippen molar-refractivity contribution >= 4 is 23.7 Å². The van der Waals surface area contributed by atoms with Crippen LogP contribution in [0.3, 0.4) is 0 Å². The van der Waals surface area contributed by atoms with Gasteiger partial charge in [-0.05, 0) is 24.8 Å². The second-order valence-corrected chi connectivity index (χ2v) is 15.5. The Kier molecular flexibility index (Phi) is 6.50. The molecule has 1 aromatic heterocycles. The van der Waals surface area contributed by atoms with E-state index < -0.39 is 18.3 Å². The Hall–Kier alpha value is -0.663. The Bertz CT molecular complexity index is 671. The normalized spacial score (nSPS) is 13.8. The van der Waals surface area contributed by atoms with Gasteiger partial charge in [0.05, 0.1) is 11.4 Å². The van der Waals surface area contributed by atoms with E-state index in [1.54, 1.807) is 14.1 Å². The molecule has 0 N–H and O–H groups in total. The van der Waals surface area contributed by atoms with Gasteiger partial charge in [0, 0.05) is 14.1 Å². The molecule has 0 fully saturated rings. The molecule has 0 aliphatic carbocycles. The minimum atomic E-state index is -3.57. The lowest BCUT2D eigenvalue weighted by Gasteiger charge is -2.36. The first-order valence-corrected chi connectivity index (χ1v) is 13.2. The Labute approximate surface area is 149 Å². The van der Waals surface area contributed by atoms with Gasteiger partial charge in [-0.2, -0.15) is 12.7 Å². The lowest BCUT2D eigenvalue weighted by atomic mass is 10.1. The fourth-order valence-corrected chi connectivity index (χ4v) is 6.31. The lowest BCUT2D eigenvalue weighted by molar-refractivity contribution is 0.510. The van der Waals surface area contributed by atoms with E-state index in [1.807, 2.05) is 6.92 Å². The summed E-state index contributed by atoms with van der Waals surface area (Å²) >= 11 is 0. The van der Waals surface area contributed by atoms with Crippen LogP contribution in [0.25, 0.3) is 0 Å². The molecule has 0 bridgehead atoms. The Morgan fingerprint density at radius 1 is 1.17 bits per heavy atom. The van der Waals surface area contributed by atoms with E-state index in [0.717, 1.165) is 42.5 Å². The van der Waals surface area contributed by atoms with Gasteiger partial charge in [0.25, 0.3) is 0 Å². The third-order valence-electron chi connectivity index (χ3n) is 5.30. The van der Waals surface area contributed by atoms with Crippen LogP contribution in [0.1, 0.15) is 58.3 Å². The van der Waals surface area contributed by atoms with Crippen molar-refractivity contribution in [2.24, 2.45) is 0 Å². The molecule has 7 heteroatoms. The second kappa shape index (κ2) is 7.29. The maximum absolute atomic E-state index is 13.0. The number of unbranched alkanes of at least 4 members (excludes halogenated alkanes) is 2. The molecule has 0 unspecified atom stereocenters. The van der Waals surface area contributed by atoms with Crippen molar-refractivity contribution in [3.8, 4) is 0 Å². The van der Waals surface area contributed by atoms with E-state index in [-0.39, 0.29) is 5.04 Å². The summed E-state index contributed by atoms with van der Waals surface area (Å²) in [6.45, 7) is 15.1. The molecule has 0 aliphatic heterocycles. The second-order valence-electron chi connectivity index (χ2n) is 8.35. The van der Waals surface area contributed by atoms with Gasteiger partial charge in [-0.15, -0.1) is 0 Å². The Morgan fingerprint density at radius 2 is 1.71 bits per heavy atom. The number of imidazole rings is 1. The van der Waals surface area contributed by atoms with Crippen LogP contribution < -0.4 is 5.45 Å². The zero-order chi connectivity index (χ0) is 18.9.